The molecule has 1 aliphatic heterocycles. The summed E-state index contributed by atoms with van der Waals surface area (Å²) >= 11 is 0. The predicted molar refractivity (Wildman–Crippen MR) is 84.6 cm³/mol. The molecule has 1 atom stereocenters. The van der Waals surface area contributed by atoms with E-state index in [0.29, 0.717) is 24.4 Å². The minimum absolute atomic E-state index is 0.00683. The van der Waals surface area contributed by atoms with Gasteiger partial charge in [-0.2, -0.15) is 13.2 Å². The van der Waals surface area contributed by atoms with Crippen molar-refractivity contribution in [3.05, 3.63) is 42.2 Å². The fourth-order valence-corrected chi connectivity index (χ4v) is 3.12. The van der Waals surface area contributed by atoms with E-state index in [9.17, 15) is 18.0 Å². The molecule has 132 valence electrons. The van der Waals surface area contributed by atoms with E-state index in [1.807, 2.05) is 0 Å². The Hall–Kier alpha value is -2.51. The normalized spacial score (nSPS) is 18.2. The first-order chi connectivity index (χ1) is 11.9. The van der Waals surface area contributed by atoms with Crippen LogP contribution in [0.5, 0.6) is 0 Å². The molecule has 0 spiro atoms. The first kappa shape index (κ1) is 17.3. The summed E-state index contributed by atoms with van der Waals surface area (Å²) in [6.45, 7) is 1.86. The summed E-state index contributed by atoms with van der Waals surface area (Å²) in [6.07, 6.45) is 1.29. The first-order valence-electron chi connectivity index (χ1n) is 7.96. The number of halogens is 3. The van der Waals surface area contributed by atoms with Gasteiger partial charge >= 0.3 is 12.1 Å². The number of carbonyl (C=O) groups is 1. The van der Waals surface area contributed by atoms with Crippen LogP contribution in [0.4, 0.5) is 13.2 Å². The Morgan fingerprint density at radius 2 is 2.00 bits per heavy atom. The van der Waals surface area contributed by atoms with Crippen molar-refractivity contribution in [1.82, 2.24) is 19.9 Å². The summed E-state index contributed by atoms with van der Waals surface area (Å²) < 4.78 is 38.2. The van der Waals surface area contributed by atoms with Gasteiger partial charge in [-0.1, -0.05) is 0 Å². The molecular formula is C17H17F3N4O. The number of carbonyl (C=O) groups excluding carboxylic acids is 1. The van der Waals surface area contributed by atoms with Crippen molar-refractivity contribution in [2.24, 2.45) is 0 Å². The van der Waals surface area contributed by atoms with E-state index < -0.39 is 12.1 Å². The van der Waals surface area contributed by atoms with Crippen LogP contribution in [0.2, 0.25) is 0 Å². The third kappa shape index (κ3) is 3.78. The average molecular weight is 350 g/mol. The minimum atomic E-state index is -4.85. The maximum absolute atomic E-state index is 12.7. The lowest BCUT2D eigenvalue weighted by molar-refractivity contribution is -0.186. The molecular weight excluding hydrogens is 333 g/mol. The fourth-order valence-electron chi connectivity index (χ4n) is 3.12. The molecule has 0 aliphatic carbocycles. The van der Waals surface area contributed by atoms with Crippen LogP contribution in [-0.2, 0) is 4.79 Å². The number of likely N-dealkylation sites (tertiary alicyclic amines) is 1. The molecule has 1 fully saturated rings. The summed E-state index contributed by atoms with van der Waals surface area (Å²) in [4.78, 5) is 25.1. The van der Waals surface area contributed by atoms with Gasteiger partial charge in [0, 0.05) is 43.2 Å². The van der Waals surface area contributed by atoms with Gasteiger partial charge in [-0.05, 0) is 37.5 Å². The van der Waals surface area contributed by atoms with Crippen LogP contribution in [0.1, 0.15) is 30.3 Å². The quantitative estimate of drug-likeness (QED) is 0.835. The number of aromatic nitrogens is 3. The summed E-state index contributed by atoms with van der Waals surface area (Å²) in [6, 6.07) is 3.61. The van der Waals surface area contributed by atoms with Gasteiger partial charge in [0.1, 0.15) is 5.82 Å². The standard InChI is InChI=1S/C17H17F3N4O/c1-11-22-9-14(12-4-6-21-7-5-12)15(23-11)13-3-2-8-24(10-13)16(25)17(18,19)20/h4-7,9,13H,2-3,8,10H2,1H3. The molecule has 2 aromatic heterocycles. The minimum Gasteiger partial charge on any atom is -0.334 e. The number of nitrogens with zero attached hydrogens (tertiary/aromatic N) is 4. The van der Waals surface area contributed by atoms with E-state index in [1.165, 1.54) is 0 Å². The molecule has 1 saturated heterocycles. The Morgan fingerprint density at radius 3 is 2.68 bits per heavy atom. The number of hydrogen-bond acceptors (Lipinski definition) is 4. The van der Waals surface area contributed by atoms with Crippen molar-refractivity contribution < 1.29 is 18.0 Å². The second-order valence-corrected chi connectivity index (χ2v) is 6.04. The number of hydrogen-bond donors (Lipinski definition) is 0. The molecule has 1 amide bonds. The van der Waals surface area contributed by atoms with Crippen LogP contribution in [0, 0.1) is 6.92 Å². The Morgan fingerprint density at radius 1 is 1.28 bits per heavy atom. The number of rotatable bonds is 2. The largest absolute Gasteiger partial charge is 0.471 e. The monoisotopic (exact) mass is 350 g/mol. The fraction of sp³-hybridized carbons (Fsp3) is 0.412. The van der Waals surface area contributed by atoms with Crippen LogP contribution in [-0.4, -0.2) is 45.0 Å². The Kier molecular flexibility index (Phi) is 4.69. The number of piperidine rings is 1. The van der Waals surface area contributed by atoms with E-state index in [0.717, 1.165) is 16.0 Å². The van der Waals surface area contributed by atoms with E-state index in [4.69, 9.17) is 0 Å². The predicted octanol–water partition coefficient (Wildman–Crippen LogP) is 3.12. The van der Waals surface area contributed by atoms with Crippen LogP contribution in [0.15, 0.2) is 30.7 Å². The second-order valence-electron chi connectivity index (χ2n) is 6.04. The van der Waals surface area contributed by atoms with Gasteiger partial charge in [-0.3, -0.25) is 9.78 Å². The zero-order valence-corrected chi connectivity index (χ0v) is 13.6. The van der Waals surface area contributed by atoms with Gasteiger partial charge in [-0.25, -0.2) is 9.97 Å². The highest BCUT2D eigenvalue weighted by atomic mass is 19.4. The van der Waals surface area contributed by atoms with Crippen molar-refractivity contribution in [3.63, 3.8) is 0 Å². The van der Waals surface area contributed by atoms with Gasteiger partial charge < -0.3 is 4.90 Å². The van der Waals surface area contributed by atoms with Crippen molar-refractivity contribution in [2.45, 2.75) is 31.9 Å². The van der Waals surface area contributed by atoms with Crippen LogP contribution in [0.25, 0.3) is 11.1 Å². The molecule has 0 bridgehead atoms. The van der Waals surface area contributed by atoms with Crippen molar-refractivity contribution in [3.8, 4) is 11.1 Å². The Balaban J connectivity index is 1.93. The lowest BCUT2D eigenvalue weighted by atomic mass is 9.90. The van der Waals surface area contributed by atoms with Gasteiger partial charge in [0.25, 0.3) is 0 Å². The summed E-state index contributed by atoms with van der Waals surface area (Å²) in [5.41, 5.74) is 2.29. The Labute approximate surface area is 142 Å². The lowest BCUT2D eigenvalue weighted by Gasteiger charge is -2.33. The van der Waals surface area contributed by atoms with Gasteiger partial charge in [0.2, 0.25) is 0 Å². The van der Waals surface area contributed by atoms with E-state index in [2.05, 4.69) is 15.0 Å². The SMILES string of the molecule is Cc1ncc(-c2ccncc2)c(C2CCCN(C(=O)C(F)(F)F)C2)n1. The number of pyridine rings is 1. The molecule has 3 heterocycles. The van der Waals surface area contributed by atoms with Crippen molar-refractivity contribution >= 4 is 5.91 Å². The van der Waals surface area contributed by atoms with Gasteiger partial charge in [-0.15, -0.1) is 0 Å². The maximum Gasteiger partial charge on any atom is 0.471 e. The first-order valence-corrected chi connectivity index (χ1v) is 7.96. The van der Waals surface area contributed by atoms with Crippen LogP contribution >= 0.6 is 0 Å². The van der Waals surface area contributed by atoms with Crippen LogP contribution < -0.4 is 0 Å². The third-order valence-corrected chi connectivity index (χ3v) is 4.27. The molecule has 3 rings (SSSR count). The van der Waals surface area contributed by atoms with E-state index >= 15 is 0 Å². The van der Waals surface area contributed by atoms with Gasteiger partial charge in [0.15, 0.2) is 0 Å². The molecule has 1 unspecified atom stereocenters. The summed E-state index contributed by atoms with van der Waals surface area (Å²) in [7, 11) is 0. The maximum atomic E-state index is 12.7. The number of amides is 1. The molecule has 1 aliphatic rings. The van der Waals surface area contributed by atoms with E-state index in [-0.39, 0.29) is 19.0 Å². The highest BCUT2D eigenvalue weighted by Gasteiger charge is 2.44. The summed E-state index contributed by atoms with van der Waals surface area (Å²) in [5, 5.41) is 0. The number of alkyl halides is 3. The summed E-state index contributed by atoms with van der Waals surface area (Å²) in [5.74, 6) is -1.49. The highest BCUT2D eigenvalue weighted by molar-refractivity contribution is 5.82. The highest BCUT2D eigenvalue weighted by Crippen LogP contribution is 2.34. The zero-order chi connectivity index (χ0) is 18.0. The molecule has 5 nitrogen and oxygen atoms in total. The average Bonchev–Trinajstić information content (AvgIpc) is 2.61. The molecule has 0 N–H and O–H groups in total. The van der Waals surface area contributed by atoms with Crippen molar-refractivity contribution in [2.75, 3.05) is 13.1 Å². The lowest BCUT2D eigenvalue weighted by Crippen LogP contribution is -2.46. The van der Waals surface area contributed by atoms with Crippen LogP contribution in [0.3, 0.4) is 0 Å². The smallest absolute Gasteiger partial charge is 0.334 e. The molecule has 0 saturated carbocycles. The molecule has 0 radical (unpaired) electrons. The second kappa shape index (κ2) is 6.78. The van der Waals surface area contributed by atoms with Gasteiger partial charge in [0.05, 0.1) is 5.69 Å². The topological polar surface area (TPSA) is 59.0 Å². The zero-order valence-electron chi connectivity index (χ0n) is 13.6. The molecule has 2 aromatic rings. The molecule has 8 heteroatoms. The Bertz CT molecular complexity index is 764. The van der Waals surface area contributed by atoms with Crippen molar-refractivity contribution in [1.29, 1.82) is 0 Å². The number of aryl methyl sites for hydroxylation is 1. The third-order valence-electron chi connectivity index (χ3n) is 4.27. The molecule has 0 aromatic carbocycles. The molecule has 25 heavy (non-hydrogen) atoms. The van der Waals surface area contributed by atoms with E-state index in [1.54, 1.807) is 37.6 Å².